The van der Waals surface area contributed by atoms with Crippen LogP contribution in [0, 0.1) is 17.0 Å². The van der Waals surface area contributed by atoms with Crippen molar-refractivity contribution in [3.63, 3.8) is 0 Å². The quantitative estimate of drug-likeness (QED) is 0.117. The molecule has 0 saturated heterocycles. The summed E-state index contributed by atoms with van der Waals surface area (Å²) in [5, 5.41) is 16.1. The maximum atomic E-state index is 12.7. The molecule has 0 saturated carbocycles. The summed E-state index contributed by atoms with van der Waals surface area (Å²) in [5.41, 5.74) is 0.694. The molecule has 0 aliphatic carbocycles. The van der Waals surface area contributed by atoms with Crippen LogP contribution in [0.25, 0.3) is 0 Å². The first kappa shape index (κ1) is 29.9. The van der Waals surface area contributed by atoms with Crippen molar-refractivity contribution in [1.82, 2.24) is 4.98 Å². The number of aromatic nitrogens is 1. The largest absolute Gasteiger partial charge is 0.379 e. The fourth-order valence-electron chi connectivity index (χ4n) is 2.84. The molecule has 13 nitrogen and oxygen atoms in total. The zero-order chi connectivity index (χ0) is 26.9. The number of amides is 2. The Morgan fingerprint density at radius 1 is 0.973 bits per heavy atom. The van der Waals surface area contributed by atoms with E-state index in [0.29, 0.717) is 58.4 Å². The van der Waals surface area contributed by atoms with E-state index in [2.05, 4.69) is 15.6 Å². The highest BCUT2D eigenvalue weighted by atomic mass is 32.1. The van der Waals surface area contributed by atoms with E-state index in [4.69, 9.17) is 18.9 Å². The Morgan fingerprint density at radius 3 is 2.16 bits per heavy atom. The van der Waals surface area contributed by atoms with Gasteiger partial charge in [-0.15, -0.1) is 0 Å². The van der Waals surface area contributed by atoms with Gasteiger partial charge < -0.3 is 29.1 Å². The summed E-state index contributed by atoms with van der Waals surface area (Å²) in [6.07, 6.45) is 1.25. The molecule has 14 heteroatoms. The fourth-order valence-corrected chi connectivity index (χ4v) is 3.61. The molecule has 37 heavy (non-hydrogen) atoms. The molecule has 202 valence electrons. The van der Waals surface area contributed by atoms with Crippen LogP contribution in [-0.2, 0) is 28.5 Å². The average Bonchev–Trinajstić information content (AvgIpc) is 3.24. The lowest BCUT2D eigenvalue weighted by Crippen LogP contribution is -2.19. The third-order valence-electron chi connectivity index (χ3n) is 4.57. The zero-order valence-electron chi connectivity index (χ0n) is 20.4. The minimum Gasteiger partial charge on any atom is -0.379 e. The first-order valence-corrected chi connectivity index (χ1v) is 12.3. The summed E-state index contributed by atoms with van der Waals surface area (Å²) >= 11 is 0.759. The van der Waals surface area contributed by atoms with Gasteiger partial charge in [0.05, 0.1) is 75.5 Å². The van der Waals surface area contributed by atoms with Crippen LogP contribution in [0.3, 0.4) is 0 Å². The fraction of sp³-hybridized carbons (Fsp3) is 0.478. The summed E-state index contributed by atoms with van der Waals surface area (Å²) in [4.78, 5) is 49.5. The number of nitrogens with one attached hydrogen (secondary N) is 2. The molecular weight excluding hydrogens is 508 g/mol. The first-order chi connectivity index (χ1) is 17.9. The number of anilines is 2. The van der Waals surface area contributed by atoms with E-state index in [-0.39, 0.29) is 40.3 Å². The lowest BCUT2D eigenvalue weighted by Gasteiger charge is -2.11. The molecule has 1 aromatic carbocycles. The van der Waals surface area contributed by atoms with Gasteiger partial charge in [-0.3, -0.25) is 25.0 Å². The molecule has 0 atom stereocenters. The number of para-hydroxylation sites is 1. The van der Waals surface area contributed by atoms with Crippen molar-refractivity contribution in [2.45, 2.75) is 19.8 Å². The molecule has 0 bridgehead atoms. The Morgan fingerprint density at radius 2 is 1.57 bits per heavy atom. The van der Waals surface area contributed by atoms with E-state index < -0.39 is 10.8 Å². The highest BCUT2D eigenvalue weighted by Crippen LogP contribution is 2.30. The SMILES string of the molecule is Cc1nc(NC(=O)c2ccccc2NC(=O)CCOCCOCCOCCOCCC=O)sc1[N+](=O)[O-]. The minimum atomic E-state index is -0.557. The van der Waals surface area contributed by atoms with Crippen molar-refractivity contribution >= 4 is 45.3 Å². The van der Waals surface area contributed by atoms with Crippen LogP contribution >= 0.6 is 11.3 Å². The maximum absolute atomic E-state index is 12.7. The van der Waals surface area contributed by atoms with E-state index >= 15 is 0 Å². The van der Waals surface area contributed by atoms with Gasteiger partial charge in [-0.25, -0.2) is 4.98 Å². The van der Waals surface area contributed by atoms with Crippen LogP contribution in [0.1, 0.15) is 28.9 Å². The van der Waals surface area contributed by atoms with E-state index in [1.165, 1.54) is 13.0 Å². The van der Waals surface area contributed by atoms with Gasteiger partial charge >= 0.3 is 5.00 Å². The third kappa shape index (κ3) is 11.5. The molecule has 1 aromatic heterocycles. The molecule has 0 aliphatic rings. The number of aldehydes is 1. The number of rotatable bonds is 19. The standard InChI is InChI=1S/C23H30N4O9S/c1-17-22(27(31)32)37-23(24-17)26-21(30)18-5-2-3-6-19(18)25-20(29)7-10-34-12-14-36-16-15-35-13-11-33-9-4-8-28/h2-3,5-6,8H,4,7,9-16H2,1H3,(H,25,29)(H,24,26,30). The van der Waals surface area contributed by atoms with Crippen molar-refractivity contribution in [3.8, 4) is 0 Å². The third-order valence-corrected chi connectivity index (χ3v) is 5.60. The van der Waals surface area contributed by atoms with Gasteiger partial charge in [0.1, 0.15) is 12.0 Å². The second-order valence-electron chi connectivity index (χ2n) is 7.37. The molecule has 0 aliphatic heterocycles. The lowest BCUT2D eigenvalue weighted by atomic mass is 10.1. The summed E-state index contributed by atoms with van der Waals surface area (Å²) in [6.45, 7) is 4.34. The van der Waals surface area contributed by atoms with Gasteiger partial charge in [0, 0.05) is 6.42 Å². The molecule has 2 amide bonds. The number of hydrogen-bond donors (Lipinski definition) is 2. The van der Waals surface area contributed by atoms with Gasteiger partial charge in [-0.05, 0) is 30.4 Å². The number of nitro groups is 1. The highest BCUT2D eigenvalue weighted by molar-refractivity contribution is 7.19. The molecule has 2 rings (SSSR count). The van der Waals surface area contributed by atoms with Crippen LogP contribution in [-0.4, -0.2) is 80.9 Å². The average molecular weight is 539 g/mol. The Kier molecular flexibility index (Phi) is 13.9. The van der Waals surface area contributed by atoms with Gasteiger partial charge in [-0.2, -0.15) is 0 Å². The van der Waals surface area contributed by atoms with Crippen molar-refractivity contribution in [2.75, 3.05) is 63.5 Å². The van der Waals surface area contributed by atoms with Crippen LogP contribution in [0.4, 0.5) is 15.8 Å². The predicted molar refractivity (Wildman–Crippen MR) is 135 cm³/mol. The van der Waals surface area contributed by atoms with E-state index in [1.807, 2.05) is 0 Å². The summed E-state index contributed by atoms with van der Waals surface area (Å²) in [6, 6.07) is 6.41. The summed E-state index contributed by atoms with van der Waals surface area (Å²) in [5.74, 6) is -0.895. The normalized spacial score (nSPS) is 10.7. The molecule has 0 spiro atoms. The first-order valence-electron chi connectivity index (χ1n) is 11.5. The zero-order valence-corrected chi connectivity index (χ0v) is 21.3. The van der Waals surface area contributed by atoms with Gasteiger partial charge in [0.2, 0.25) is 5.91 Å². The molecule has 1 heterocycles. The van der Waals surface area contributed by atoms with Crippen molar-refractivity contribution < 1.29 is 38.3 Å². The van der Waals surface area contributed by atoms with Gasteiger partial charge in [-0.1, -0.05) is 12.1 Å². The van der Waals surface area contributed by atoms with Crippen molar-refractivity contribution in [3.05, 3.63) is 45.6 Å². The second kappa shape index (κ2) is 17.2. The molecule has 2 N–H and O–H groups in total. The van der Waals surface area contributed by atoms with E-state index in [0.717, 1.165) is 17.6 Å². The lowest BCUT2D eigenvalue weighted by molar-refractivity contribution is -0.380. The van der Waals surface area contributed by atoms with Crippen molar-refractivity contribution in [1.29, 1.82) is 0 Å². The van der Waals surface area contributed by atoms with Crippen LogP contribution < -0.4 is 10.6 Å². The Hall–Kier alpha value is -3.30. The van der Waals surface area contributed by atoms with E-state index in [1.54, 1.807) is 18.2 Å². The number of hydrogen-bond acceptors (Lipinski definition) is 11. The summed E-state index contributed by atoms with van der Waals surface area (Å²) in [7, 11) is 0. The van der Waals surface area contributed by atoms with Crippen LogP contribution in [0.2, 0.25) is 0 Å². The minimum absolute atomic E-state index is 0.0705. The Labute approximate surface area is 217 Å². The molecule has 0 radical (unpaired) electrons. The second-order valence-corrected chi connectivity index (χ2v) is 8.35. The number of benzene rings is 1. The topological polar surface area (TPSA) is 168 Å². The molecular formula is C23H30N4O9S. The van der Waals surface area contributed by atoms with E-state index in [9.17, 15) is 24.5 Å². The molecule has 2 aromatic rings. The number of thiazole rings is 1. The molecule has 0 unspecified atom stereocenters. The molecule has 0 fully saturated rings. The van der Waals surface area contributed by atoms with Crippen LogP contribution in [0.15, 0.2) is 24.3 Å². The van der Waals surface area contributed by atoms with Gasteiger partial charge in [0.25, 0.3) is 5.91 Å². The maximum Gasteiger partial charge on any atom is 0.348 e. The van der Waals surface area contributed by atoms with Crippen LogP contribution in [0.5, 0.6) is 0 Å². The highest BCUT2D eigenvalue weighted by Gasteiger charge is 2.20. The number of nitrogens with zero attached hydrogens (tertiary/aromatic N) is 2. The Bertz CT molecular complexity index is 1030. The predicted octanol–water partition coefficient (Wildman–Crippen LogP) is 2.60. The number of carbonyl (C=O) groups is 3. The monoisotopic (exact) mass is 538 g/mol. The number of ether oxygens (including phenoxy) is 4. The smallest absolute Gasteiger partial charge is 0.348 e. The van der Waals surface area contributed by atoms with Crippen molar-refractivity contribution in [2.24, 2.45) is 0 Å². The number of carbonyl (C=O) groups excluding carboxylic acids is 3. The van der Waals surface area contributed by atoms with Gasteiger partial charge in [0.15, 0.2) is 5.13 Å². The Balaban J connectivity index is 1.62. The summed E-state index contributed by atoms with van der Waals surface area (Å²) < 4.78 is 21.2. The number of aryl methyl sites for hydroxylation is 1.